The second-order valence-electron chi connectivity index (χ2n) is 8.41. The smallest absolute Gasteiger partial charge is 0.300 e. The van der Waals surface area contributed by atoms with E-state index in [4.69, 9.17) is 32.0 Å². The van der Waals surface area contributed by atoms with Crippen LogP contribution in [0.4, 0.5) is 8.78 Å². The number of benzene rings is 1. The number of amidine groups is 2. The highest BCUT2D eigenvalue weighted by molar-refractivity contribution is 6.30. The van der Waals surface area contributed by atoms with E-state index in [0.717, 1.165) is 50.7 Å². The van der Waals surface area contributed by atoms with Crippen molar-refractivity contribution in [3.63, 3.8) is 0 Å². The molecule has 3 aliphatic heterocycles. The van der Waals surface area contributed by atoms with E-state index in [0.29, 0.717) is 23.9 Å². The number of halogens is 3. The average molecular weight is 486 g/mol. The molecule has 0 aromatic heterocycles. The maximum Gasteiger partial charge on any atom is 0.300 e. The Hall–Kier alpha value is -2.30. The summed E-state index contributed by atoms with van der Waals surface area (Å²) in [6.07, 6.45) is -0.360. The molecule has 0 amide bonds. The number of rotatable bonds is 4. The van der Waals surface area contributed by atoms with Gasteiger partial charge in [0.1, 0.15) is 17.8 Å². The molecule has 11 heteroatoms. The minimum absolute atomic E-state index is 0.0746. The van der Waals surface area contributed by atoms with E-state index in [1.165, 1.54) is 0 Å². The van der Waals surface area contributed by atoms with Crippen LogP contribution in [0.2, 0.25) is 5.02 Å². The number of morpholine rings is 1. The van der Waals surface area contributed by atoms with Gasteiger partial charge in [-0.25, -0.2) is 8.78 Å². The van der Waals surface area contributed by atoms with Crippen molar-refractivity contribution in [1.29, 1.82) is 0 Å². The van der Waals surface area contributed by atoms with E-state index in [1.807, 2.05) is 24.3 Å². The maximum atomic E-state index is 13.3. The normalized spacial score (nSPS) is 24.2. The van der Waals surface area contributed by atoms with Crippen LogP contribution in [-0.2, 0) is 16.0 Å². The molecule has 8 nitrogen and oxygen atoms in total. The maximum absolute atomic E-state index is 13.3. The van der Waals surface area contributed by atoms with E-state index in [-0.39, 0.29) is 18.6 Å². The van der Waals surface area contributed by atoms with Gasteiger partial charge >= 0.3 is 0 Å². The second-order valence-corrected chi connectivity index (χ2v) is 8.85. The van der Waals surface area contributed by atoms with Gasteiger partial charge in [-0.05, 0) is 37.0 Å². The highest BCUT2D eigenvalue weighted by Crippen LogP contribution is 2.27. The number of piperidine rings is 1. The summed E-state index contributed by atoms with van der Waals surface area (Å²) in [5.41, 5.74) is 6.86. The molecule has 0 spiro atoms. The minimum atomic E-state index is -2.47. The Balaban J connectivity index is 0.000000709. The summed E-state index contributed by atoms with van der Waals surface area (Å²) in [4.78, 5) is 13.5. The number of hydrogen-bond donors (Lipinski definition) is 2. The summed E-state index contributed by atoms with van der Waals surface area (Å²) in [6.45, 7) is 3.32. The first-order chi connectivity index (χ1) is 15.7. The Bertz CT molecular complexity index is 856. The van der Waals surface area contributed by atoms with Gasteiger partial charge in [0.2, 0.25) is 0 Å². The van der Waals surface area contributed by atoms with Crippen LogP contribution in [0.25, 0.3) is 0 Å². The molecule has 3 N–H and O–H groups in total. The zero-order chi connectivity index (χ0) is 24.0. The molecule has 3 aliphatic rings. The van der Waals surface area contributed by atoms with Crippen molar-refractivity contribution in [3.8, 4) is 0 Å². The molecule has 2 saturated heterocycles. The topological polar surface area (TPSA) is 104 Å². The summed E-state index contributed by atoms with van der Waals surface area (Å²) in [5, 5.41) is 16.2. The Morgan fingerprint density at radius 1 is 1.27 bits per heavy atom. The number of carboxylic acids is 1. The van der Waals surface area contributed by atoms with Crippen molar-refractivity contribution in [2.45, 2.75) is 57.2 Å². The Morgan fingerprint density at radius 2 is 1.91 bits per heavy atom. The molecule has 0 radical (unpaired) electrons. The predicted molar refractivity (Wildman–Crippen MR) is 123 cm³/mol. The molecule has 2 atom stereocenters. The molecule has 2 fully saturated rings. The van der Waals surface area contributed by atoms with Gasteiger partial charge in [-0.2, -0.15) is 0 Å². The van der Waals surface area contributed by atoms with Crippen molar-refractivity contribution in [2.24, 2.45) is 15.9 Å². The highest BCUT2D eigenvalue weighted by atomic mass is 35.5. The number of carbonyl (C=O) groups is 1. The van der Waals surface area contributed by atoms with E-state index < -0.39 is 18.5 Å². The molecular formula is C22H30ClF2N5O3. The van der Waals surface area contributed by atoms with Crippen LogP contribution >= 0.6 is 11.6 Å². The Labute approximate surface area is 197 Å². The number of aliphatic carboxylic acids is 1. The first-order valence-electron chi connectivity index (χ1n) is 11.0. The highest BCUT2D eigenvalue weighted by Gasteiger charge is 2.38. The van der Waals surface area contributed by atoms with Gasteiger partial charge < -0.3 is 20.5 Å². The summed E-state index contributed by atoms with van der Waals surface area (Å²) >= 11 is 5.99. The van der Waals surface area contributed by atoms with E-state index in [2.05, 4.69) is 20.0 Å². The summed E-state index contributed by atoms with van der Waals surface area (Å²) < 4.78 is 32.2. The molecule has 33 heavy (non-hydrogen) atoms. The molecule has 0 unspecified atom stereocenters. The van der Waals surface area contributed by atoms with Gasteiger partial charge in [0, 0.05) is 43.7 Å². The lowest BCUT2D eigenvalue weighted by Gasteiger charge is -2.46. The molecule has 1 aromatic rings. The summed E-state index contributed by atoms with van der Waals surface area (Å²) in [7, 11) is 0. The number of nitrogens with zero attached hydrogens (tertiary/aromatic N) is 4. The zero-order valence-electron chi connectivity index (χ0n) is 18.5. The van der Waals surface area contributed by atoms with Crippen molar-refractivity contribution in [2.75, 3.05) is 26.2 Å². The van der Waals surface area contributed by atoms with Gasteiger partial charge in [0.05, 0.1) is 13.0 Å². The second kappa shape index (κ2) is 11.7. The molecule has 4 rings (SSSR count). The van der Waals surface area contributed by atoms with Gasteiger partial charge in [-0.1, -0.05) is 23.7 Å². The number of nitrogens with two attached hydrogens (primary N) is 1. The van der Waals surface area contributed by atoms with Crippen LogP contribution in [0.15, 0.2) is 34.5 Å². The van der Waals surface area contributed by atoms with E-state index in [1.54, 1.807) is 0 Å². The Morgan fingerprint density at radius 3 is 2.45 bits per heavy atom. The summed E-state index contributed by atoms with van der Waals surface area (Å²) in [5.74, 6) is 0.615. The van der Waals surface area contributed by atoms with Crippen LogP contribution in [0.3, 0.4) is 0 Å². The first-order valence-corrected chi connectivity index (χ1v) is 11.3. The zero-order valence-corrected chi connectivity index (χ0v) is 19.3. The molecular weight excluding hydrogens is 456 g/mol. The SMILES string of the molecule is CC(=O)O.NC1=NN=C(N2CCC(N3C[C@H](C(F)F)OC[C@@H]3Cc3ccc(Cl)cc3)CC2)C1. The lowest BCUT2D eigenvalue weighted by molar-refractivity contribution is -0.136. The van der Waals surface area contributed by atoms with Gasteiger partial charge in [-0.3, -0.25) is 9.69 Å². The van der Waals surface area contributed by atoms with Crippen molar-refractivity contribution in [3.05, 3.63) is 34.9 Å². The summed E-state index contributed by atoms with van der Waals surface area (Å²) in [6, 6.07) is 8.03. The monoisotopic (exact) mass is 485 g/mol. The fourth-order valence-corrected chi connectivity index (χ4v) is 4.52. The number of likely N-dealkylation sites (tertiary alicyclic amines) is 1. The predicted octanol–water partition coefficient (Wildman–Crippen LogP) is 2.85. The largest absolute Gasteiger partial charge is 0.481 e. The molecule has 0 aliphatic carbocycles. The van der Waals surface area contributed by atoms with E-state index in [9.17, 15) is 8.78 Å². The molecule has 3 heterocycles. The van der Waals surface area contributed by atoms with Gasteiger partial charge in [-0.15, -0.1) is 10.2 Å². The fourth-order valence-electron chi connectivity index (χ4n) is 4.39. The van der Waals surface area contributed by atoms with Crippen molar-refractivity contribution in [1.82, 2.24) is 9.80 Å². The van der Waals surface area contributed by atoms with Crippen LogP contribution in [-0.4, -0.2) is 83.4 Å². The quantitative estimate of drug-likeness (QED) is 0.679. The molecule has 0 saturated carbocycles. The fraction of sp³-hybridized carbons (Fsp3) is 0.591. The number of hydrogen-bond acceptors (Lipinski definition) is 7. The number of carboxylic acid groups (broad SMARTS) is 1. The first kappa shape index (κ1) is 25.3. The number of ether oxygens (including phenoxy) is 1. The van der Waals surface area contributed by atoms with Gasteiger partial charge in [0.25, 0.3) is 12.4 Å². The standard InChI is InChI=1S/C20H26ClF2N5O.C2H4O2/c21-14-3-1-13(2-4-14)9-16-12-29-17(20(22)23)11-28(16)15-5-7-27(8-6-15)19-10-18(24)25-26-19;1-2(3)4/h1-4,15-17,20H,5-12H2,(H2,24,25);1H3,(H,3,4)/t16-,17+;/m0./s1. The third kappa shape index (κ3) is 7.35. The van der Waals surface area contributed by atoms with Crippen molar-refractivity contribution < 1.29 is 23.4 Å². The van der Waals surface area contributed by atoms with Gasteiger partial charge in [0.15, 0.2) is 0 Å². The lowest BCUT2D eigenvalue weighted by Crippen LogP contribution is -2.58. The van der Waals surface area contributed by atoms with Crippen LogP contribution in [0.1, 0.15) is 31.7 Å². The minimum Gasteiger partial charge on any atom is -0.481 e. The van der Waals surface area contributed by atoms with Crippen LogP contribution < -0.4 is 5.73 Å². The van der Waals surface area contributed by atoms with Crippen LogP contribution in [0, 0.1) is 0 Å². The molecule has 1 aromatic carbocycles. The Kier molecular flexibility index (Phi) is 8.99. The van der Waals surface area contributed by atoms with Crippen LogP contribution in [0.5, 0.6) is 0 Å². The van der Waals surface area contributed by atoms with E-state index >= 15 is 0 Å². The molecule has 182 valence electrons. The average Bonchev–Trinajstić information content (AvgIpc) is 3.21. The third-order valence-electron chi connectivity index (χ3n) is 5.96. The third-order valence-corrected chi connectivity index (χ3v) is 6.21. The lowest BCUT2D eigenvalue weighted by atomic mass is 9.96. The number of alkyl halides is 2. The van der Waals surface area contributed by atoms with Crippen molar-refractivity contribution >= 4 is 29.2 Å². The molecule has 0 bridgehead atoms.